The van der Waals surface area contributed by atoms with Crippen molar-refractivity contribution in [1.29, 1.82) is 0 Å². The van der Waals surface area contributed by atoms with Crippen LogP contribution >= 0.6 is 0 Å². The molecule has 2 aromatic heterocycles. The van der Waals surface area contributed by atoms with E-state index in [2.05, 4.69) is 10.1 Å². The number of carbonyl (C=O) groups excluding carboxylic acids is 1. The Balaban J connectivity index is 1.76. The fraction of sp³-hybridized carbons (Fsp3) is 0.533. The minimum absolute atomic E-state index is 0.317. The minimum atomic E-state index is -0.379. The van der Waals surface area contributed by atoms with Gasteiger partial charge in [0.25, 0.3) is 0 Å². The lowest BCUT2D eigenvalue weighted by Crippen LogP contribution is -2.29. The number of aromatic nitrogens is 3. The van der Waals surface area contributed by atoms with Gasteiger partial charge in [0.1, 0.15) is 11.7 Å². The van der Waals surface area contributed by atoms with Crippen LogP contribution in [-0.4, -0.2) is 33.3 Å². The Morgan fingerprint density at radius 2 is 2.43 bits per heavy atom. The fourth-order valence-corrected chi connectivity index (χ4v) is 3.33. The monoisotopic (exact) mass is 287 g/mol. The van der Waals surface area contributed by atoms with Crippen LogP contribution in [0.2, 0.25) is 0 Å². The van der Waals surface area contributed by atoms with Crippen LogP contribution < -0.4 is 4.74 Å². The first kappa shape index (κ1) is 12.6. The SMILES string of the molecule is CCOC(=O)c1cnn2cc3c(nc12)C[C@H]1CCC[C@@H]1O3. The summed E-state index contributed by atoms with van der Waals surface area (Å²) in [5.41, 5.74) is 1.89. The third-order valence-electron chi connectivity index (χ3n) is 4.35. The van der Waals surface area contributed by atoms with Crippen molar-refractivity contribution in [3.05, 3.63) is 23.7 Å². The predicted molar refractivity (Wildman–Crippen MR) is 74.4 cm³/mol. The van der Waals surface area contributed by atoms with E-state index in [1.807, 2.05) is 6.20 Å². The zero-order chi connectivity index (χ0) is 14.4. The van der Waals surface area contributed by atoms with E-state index in [1.54, 1.807) is 11.4 Å². The summed E-state index contributed by atoms with van der Waals surface area (Å²) in [6, 6.07) is 0. The molecule has 2 aromatic rings. The molecule has 6 heteroatoms. The summed E-state index contributed by atoms with van der Waals surface area (Å²) in [5, 5.41) is 4.19. The molecular formula is C15H17N3O3. The van der Waals surface area contributed by atoms with E-state index < -0.39 is 0 Å². The summed E-state index contributed by atoms with van der Waals surface area (Å²) in [7, 11) is 0. The lowest BCUT2D eigenvalue weighted by Gasteiger charge is -2.27. The highest BCUT2D eigenvalue weighted by atomic mass is 16.5. The number of nitrogens with zero attached hydrogens (tertiary/aromatic N) is 3. The van der Waals surface area contributed by atoms with Gasteiger partial charge in [-0.1, -0.05) is 0 Å². The molecule has 0 saturated heterocycles. The average Bonchev–Trinajstić information content (AvgIpc) is 3.08. The highest BCUT2D eigenvalue weighted by Crippen LogP contribution is 2.38. The summed E-state index contributed by atoms with van der Waals surface area (Å²) >= 11 is 0. The minimum Gasteiger partial charge on any atom is -0.487 e. The lowest BCUT2D eigenvalue weighted by atomic mass is 9.96. The van der Waals surface area contributed by atoms with Gasteiger partial charge >= 0.3 is 5.97 Å². The van der Waals surface area contributed by atoms with Crippen LogP contribution in [0.1, 0.15) is 42.2 Å². The third-order valence-corrected chi connectivity index (χ3v) is 4.35. The number of hydrogen-bond acceptors (Lipinski definition) is 5. The fourth-order valence-electron chi connectivity index (χ4n) is 3.33. The quantitative estimate of drug-likeness (QED) is 0.790. The van der Waals surface area contributed by atoms with Crippen LogP contribution in [-0.2, 0) is 11.2 Å². The van der Waals surface area contributed by atoms with Crippen molar-refractivity contribution in [2.75, 3.05) is 6.61 Å². The van der Waals surface area contributed by atoms with Crippen LogP contribution in [0.4, 0.5) is 0 Å². The number of hydrogen-bond donors (Lipinski definition) is 0. The van der Waals surface area contributed by atoms with Crippen LogP contribution in [0.3, 0.4) is 0 Å². The second-order valence-corrected chi connectivity index (χ2v) is 5.65. The van der Waals surface area contributed by atoms with E-state index in [4.69, 9.17) is 9.47 Å². The van der Waals surface area contributed by atoms with Gasteiger partial charge in [0.2, 0.25) is 0 Å². The van der Waals surface area contributed by atoms with Gasteiger partial charge in [0.15, 0.2) is 11.4 Å². The highest BCUT2D eigenvalue weighted by molar-refractivity contribution is 5.95. The van der Waals surface area contributed by atoms with E-state index in [9.17, 15) is 4.79 Å². The summed E-state index contributed by atoms with van der Waals surface area (Å²) in [6.45, 7) is 2.13. The molecule has 3 heterocycles. The van der Waals surface area contributed by atoms with Gasteiger partial charge in [-0.3, -0.25) is 0 Å². The van der Waals surface area contributed by atoms with E-state index in [0.717, 1.165) is 24.3 Å². The first-order chi connectivity index (χ1) is 10.3. The van der Waals surface area contributed by atoms with Crippen LogP contribution in [0.15, 0.2) is 12.4 Å². The van der Waals surface area contributed by atoms with Crippen molar-refractivity contribution in [3.8, 4) is 5.75 Å². The molecule has 0 N–H and O–H groups in total. The van der Waals surface area contributed by atoms with Crippen molar-refractivity contribution in [2.45, 2.75) is 38.7 Å². The molecule has 1 fully saturated rings. The molecule has 21 heavy (non-hydrogen) atoms. The Kier molecular flexibility index (Phi) is 2.83. The molecule has 1 aliphatic carbocycles. The molecule has 110 valence electrons. The van der Waals surface area contributed by atoms with Gasteiger partial charge < -0.3 is 9.47 Å². The molecule has 0 aromatic carbocycles. The number of ether oxygens (including phenoxy) is 2. The maximum atomic E-state index is 11.9. The average molecular weight is 287 g/mol. The third kappa shape index (κ3) is 1.97. The van der Waals surface area contributed by atoms with Gasteiger partial charge in [-0.15, -0.1) is 0 Å². The van der Waals surface area contributed by atoms with Crippen molar-refractivity contribution in [1.82, 2.24) is 14.6 Å². The Bertz CT molecular complexity index is 709. The molecule has 0 bridgehead atoms. The van der Waals surface area contributed by atoms with E-state index >= 15 is 0 Å². The number of rotatable bonds is 2. The van der Waals surface area contributed by atoms with Gasteiger partial charge in [-0.25, -0.2) is 14.3 Å². The van der Waals surface area contributed by atoms with Crippen molar-refractivity contribution >= 4 is 11.6 Å². The molecule has 1 aliphatic heterocycles. The van der Waals surface area contributed by atoms with Gasteiger partial charge in [-0.05, 0) is 32.6 Å². The maximum Gasteiger partial charge on any atom is 0.343 e. The van der Waals surface area contributed by atoms with E-state index in [-0.39, 0.29) is 5.97 Å². The zero-order valence-corrected chi connectivity index (χ0v) is 11.9. The molecule has 0 spiro atoms. The second kappa shape index (κ2) is 4.72. The maximum absolute atomic E-state index is 11.9. The van der Waals surface area contributed by atoms with Crippen LogP contribution in [0.5, 0.6) is 5.75 Å². The normalized spacial score (nSPS) is 23.5. The highest BCUT2D eigenvalue weighted by Gasteiger charge is 2.35. The molecule has 4 rings (SSSR count). The summed E-state index contributed by atoms with van der Waals surface area (Å²) < 4.78 is 12.7. The van der Waals surface area contributed by atoms with Gasteiger partial charge in [0, 0.05) is 5.92 Å². The lowest BCUT2D eigenvalue weighted by molar-refractivity contribution is 0.0528. The van der Waals surface area contributed by atoms with Gasteiger partial charge in [-0.2, -0.15) is 5.10 Å². The van der Waals surface area contributed by atoms with Crippen molar-refractivity contribution < 1.29 is 14.3 Å². The Morgan fingerprint density at radius 1 is 1.52 bits per heavy atom. The molecule has 0 amide bonds. The molecule has 0 unspecified atom stereocenters. The zero-order valence-electron chi connectivity index (χ0n) is 11.9. The first-order valence-corrected chi connectivity index (χ1v) is 7.47. The molecule has 0 radical (unpaired) electrons. The summed E-state index contributed by atoms with van der Waals surface area (Å²) in [4.78, 5) is 16.5. The van der Waals surface area contributed by atoms with Crippen molar-refractivity contribution in [2.24, 2.45) is 5.92 Å². The number of fused-ring (bicyclic) bond motifs is 3. The van der Waals surface area contributed by atoms with E-state index in [0.29, 0.717) is 29.8 Å². The standard InChI is InChI=1S/C15H17N3O3/c1-2-20-15(19)10-7-16-18-8-13-11(17-14(10)18)6-9-4-3-5-12(9)21-13/h7-9,12H,2-6H2,1H3/t9-,12+/m1/s1. The van der Waals surface area contributed by atoms with Gasteiger partial charge in [0.05, 0.1) is 24.7 Å². The van der Waals surface area contributed by atoms with E-state index in [1.165, 1.54) is 19.0 Å². The molecular weight excluding hydrogens is 270 g/mol. The Morgan fingerprint density at radius 3 is 3.29 bits per heavy atom. The summed E-state index contributed by atoms with van der Waals surface area (Å²) in [5.74, 6) is 0.973. The largest absolute Gasteiger partial charge is 0.487 e. The topological polar surface area (TPSA) is 65.7 Å². The first-order valence-electron chi connectivity index (χ1n) is 7.47. The molecule has 2 atom stereocenters. The smallest absolute Gasteiger partial charge is 0.343 e. The Hall–Kier alpha value is -2.11. The molecule has 2 aliphatic rings. The predicted octanol–water partition coefficient (Wildman–Crippen LogP) is 2.01. The Labute approximate surface area is 122 Å². The van der Waals surface area contributed by atoms with Crippen molar-refractivity contribution in [3.63, 3.8) is 0 Å². The second-order valence-electron chi connectivity index (χ2n) is 5.65. The van der Waals surface area contributed by atoms with Crippen LogP contribution in [0.25, 0.3) is 5.65 Å². The molecule has 1 saturated carbocycles. The summed E-state index contributed by atoms with van der Waals surface area (Å²) in [6.07, 6.45) is 8.10. The van der Waals surface area contributed by atoms with Crippen LogP contribution in [0, 0.1) is 5.92 Å². The number of carbonyl (C=O) groups is 1. The number of esters is 1. The molecule has 6 nitrogen and oxygen atoms in total.